The monoisotopic (exact) mass is 341 g/mol. The number of rotatable bonds is 5. The van der Waals surface area contributed by atoms with E-state index in [1.165, 1.54) is 5.56 Å². The summed E-state index contributed by atoms with van der Waals surface area (Å²) in [6, 6.07) is 15.4. The van der Waals surface area contributed by atoms with Crippen molar-refractivity contribution in [3.05, 3.63) is 94.6 Å². The van der Waals surface area contributed by atoms with Gasteiger partial charge in [-0.05, 0) is 36.8 Å². The minimum absolute atomic E-state index is 0.657. The van der Waals surface area contributed by atoms with Crippen molar-refractivity contribution in [1.82, 2.24) is 15.3 Å². The Kier molecular flexibility index (Phi) is 5.87. The van der Waals surface area contributed by atoms with Gasteiger partial charge in [0.25, 0.3) is 0 Å². The van der Waals surface area contributed by atoms with E-state index in [1.54, 1.807) is 24.5 Å². The Labute approximate surface area is 153 Å². The number of carbonyl (C=O) groups excluding carboxylic acids is 1. The van der Waals surface area contributed by atoms with Gasteiger partial charge in [-0.1, -0.05) is 36.1 Å². The fraction of sp³-hybridized carbons (Fsp3) is 0.136. The highest BCUT2D eigenvalue weighted by Gasteiger charge is 1.97. The molecule has 0 aliphatic heterocycles. The van der Waals surface area contributed by atoms with Gasteiger partial charge in [-0.25, -0.2) is 0 Å². The van der Waals surface area contributed by atoms with Crippen LogP contribution in [0.1, 0.15) is 38.4 Å². The van der Waals surface area contributed by atoms with E-state index in [-0.39, 0.29) is 0 Å². The summed E-state index contributed by atoms with van der Waals surface area (Å²) >= 11 is 0. The number of nitrogens with one attached hydrogen (secondary N) is 1. The Morgan fingerprint density at radius 1 is 0.885 bits per heavy atom. The fourth-order valence-electron chi connectivity index (χ4n) is 2.34. The second-order valence-electron chi connectivity index (χ2n) is 5.94. The molecule has 4 heteroatoms. The van der Waals surface area contributed by atoms with Crippen molar-refractivity contribution >= 4 is 6.29 Å². The average Bonchev–Trinajstić information content (AvgIpc) is 2.69. The van der Waals surface area contributed by atoms with Crippen LogP contribution >= 0.6 is 0 Å². The lowest BCUT2D eigenvalue weighted by Crippen LogP contribution is -2.13. The Hall–Kier alpha value is -3.29. The zero-order valence-electron chi connectivity index (χ0n) is 14.6. The number of nitrogens with zero attached hydrogens (tertiary/aromatic N) is 2. The third-order valence-corrected chi connectivity index (χ3v) is 3.82. The Morgan fingerprint density at radius 3 is 2.12 bits per heavy atom. The quantitative estimate of drug-likeness (QED) is 0.571. The van der Waals surface area contributed by atoms with Crippen molar-refractivity contribution in [2.45, 2.75) is 20.0 Å². The minimum atomic E-state index is 0.657. The molecule has 0 radical (unpaired) electrons. The van der Waals surface area contributed by atoms with Crippen molar-refractivity contribution < 1.29 is 4.79 Å². The summed E-state index contributed by atoms with van der Waals surface area (Å²) in [6.45, 7) is 3.37. The van der Waals surface area contributed by atoms with Gasteiger partial charge in [-0.3, -0.25) is 14.8 Å². The van der Waals surface area contributed by atoms with E-state index < -0.39 is 0 Å². The molecular formula is C22H19N3O. The van der Waals surface area contributed by atoms with E-state index in [4.69, 9.17) is 0 Å². The average molecular weight is 341 g/mol. The maximum atomic E-state index is 10.7. The van der Waals surface area contributed by atoms with Crippen molar-refractivity contribution in [1.29, 1.82) is 0 Å². The molecule has 0 saturated carbocycles. The summed E-state index contributed by atoms with van der Waals surface area (Å²) in [5.74, 6) is 6.24. The molecule has 26 heavy (non-hydrogen) atoms. The van der Waals surface area contributed by atoms with Crippen LogP contribution in [0, 0.1) is 18.8 Å². The first kappa shape index (κ1) is 17.5. The zero-order chi connectivity index (χ0) is 18.2. The van der Waals surface area contributed by atoms with E-state index in [1.807, 2.05) is 31.2 Å². The van der Waals surface area contributed by atoms with Crippen LogP contribution < -0.4 is 5.32 Å². The van der Waals surface area contributed by atoms with Crippen LogP contribution in [-0.2, 0) is 13.1 Å². The third kappa shape index (κ3) is 5.10. The summed E-state index contributed by atoms with van der Waals surface area (Å²) in [4.78, 5) is 19.2. The Balaban J connectivity index is 1.54. The van der Waals surface area contributed by atoms with Crippen LogP contribution in [0.5, 0.6) is 0 Å². The summed E-state index contributed by atoms with van der Waals surface area (Å²) in [7, 11) is 0. The zero-order valence-corrected chi connectivity index (χ0v) is 14.6. The Morgan fingerprint density at radius 2 is 1.54 bits per heavy atom. The predicted molar refractivity (Wildman–Crippen MR) is 102 cm³/mol. The molecule has 0 aliphatic rings. The first-order chi connectivity index (χ1) is 12.7. The SMILES string of the molecule is Cc1cnc(CNCc2ccc(C#Cc3ccc(C=O)cc3)cc2)cn1. The summed E-state index contributed by atoms with van der Waals surface area (Å²) < 4.78 is 0. The maximum Gasteiger partial charge on any atom is 0.150 e. The molecule has 1 aromatic heterocycles. The lowest BCUT2D eigenvalue weighted by atomic mass is 10.1. The molecule has 128 valence electrons. The molecule has 2 aromatic carbocycles. The number of carbonyl (C=O) groups is 1. The number of aromatic nitrogens is 2. The molecule has 3 rings (SSSR count). The Bertz CT molecular complexity index is 918. The molecule has 0 aliphatic carbocycles. The number of aryl methyl sites for hydroxylation is 1. The first-order valence-electron chi connectivity index (χ1n) is 8.37. The smallest absolute Gasteiger partial charge is 0.150 e. The molecule has 0 amide bonds. The number of hydrogen-bond acceptors (Lipinski definition) is 4. The highest BCUT2D eigenvalue weighted by atomic mass is 16.1. The van der Waals surface area contributed by atoms with Crippen molar-refractivity contribution in [3.63, 3.8) is 0 Å². The molecule has 0 atom stereocenters. The van der Waals surface area contributed by atoms with E-state index in [9.17, 15) is 4.79 Å². The van der Waals surface area contributed by atoms with Gasteiger partial charge >= 0.3 is 0 Å². The van der Waals surface area contributed by atoms with Gasteiger partial charge in [-0.15, -0.1) is 0 Å². The first-order valence-corrected chi connectivity index (χ1v) is 8.37. The molecule has 3 aromatic rings. The molecule has 0 bridgehead atoms. The van der Waals surface area contributed by atoms with Crippen molar-refractivity contribution in [2.24, 2.45) is 0 Å². The van der Waals surface area contributed by atoms with E-state index in [0.29, 0.717) is 12.1 Å². The van der Waals surface area contributed by atoms with Crippen LogP contribution in [0.15, 0.2) is 60.9 Å². The topological polar surface area (TPSA) is 54.9 Å². The van der Waals surface area contributed by atoms with Crippen LogP contribution in [0.25, 0.3) is 0 Å². The number of hydrogen-bond donors (Lipinski definition) is 1. The predicted octanol–water partition coefficient (Wildman–Crippen LogP) is 3.29. The van der Waals surface area contributed by atoms with E-state index >= 15 is 0 Å². The summed E-state index contributed by atoms with van der Waals surface area (Å²) in [6.07, 6.45) is 4.40. The minimum Gasteiger partial charge on any atom is -0.307 e. The molecule has 0 fully saturated rings. The molecule has 0 spiro atoms. The molecule has 1 N–H and O–H groups in total. The van der Waals surface area contributed by atoms with Gasteiger partial charge in [-0.2, -0.15) is 0 Å². The molecule has 0 saturated heterocycles. The number of benzene rings is 2. The second-order valence-corrected chi connectivity index (χ2v) is 5.94. The van der Waals surface area contributed by atoms with Crippen LogP contribution in [0.2, 0.25) is 0 Å². The molecule has 4 nitrogen and oxygen atoms in total. The standard InChI is InChI=1S/C22H19N3O/c1-17-12-25-22(15-24-17)14-23-13-20-8-4-18(5-9-20)2-3-19-6-10-21(16-26)11-7-19/h4-12,15-16,23H,13-14H2,1H3. The van der Waals surface area contributed by atoms with Gasteiger partial charge in [0.1, 0.15) is 6.29 Å². The van der Waals surface area contributed by atoms with Crippen LogP contribution in [-0.4, -0.2) is 16.3 Å². The molecule has 1 heterocycles. The maximum absolute atomic E-state index is 10.7. The van der Waals surface area contributed by atoms with Crippen molar-refractivity contribution in [2.75, 3.05) is 0 Å². The fourth-order valence-corrected chi connectivity index (χ4v) is 2.34. The van der Waals surface area contributed by atoms with Crippen LogP contribution in [0.4, 0.5) is 0 Å². The molecule has 0 unspecified atom stereocenters. The van der Waals surface area contributed by atoms with E-state index in [0.717, 1.165) is 35.3 Å². The van der Waals surface area contributed by atoms with Crippen molar-refractivity contribution in [3.8, 4) is 11.8 Å². The van der Waals surface area contributed by atoms with Crippen LogP contribution in [0.3, 0.4) is 0 Å². The normalized spacial score (nSPS) is 10.0. The largest absolute Gasteiger partial charge is 0.307 e. The van der Waals surface area contributed by atoms with E-state index in [2.05, 4.69) is 39.3 Å². The van der Waals surface area contributed by atoms with Gasteiger partial charge in [0.15, 0.2) is 0 Å². The number of aldehydes is 1. The van der Waals surface area contributed by atoms with Gasteiger partial charge in [0.2, 0.25) is 0 Å². The van der Waals surface area contributed by atoms with Gasteiger partial charge in [0, 0.05) is 42.2 Å². The lowest BCUT2D eigenvalue weighted by Gasteiger charge is -2.05. The summed E-state index contributed by atoms with van der Waals surface area (Å²) in [5.41, 5.74) is 5.54. The van der Waals surface area contributed by atoms with Gasteiger partial charge in [0.05, 0.1) is 11.4 Å². The van der Waals surface area contributed by atoms with Gasteiger partial charge < -0.3 is 5.32 Å². The lowest BCUT2D eigenvalue weighted by molar-refractivity contribution is 0.112. The highest BCUT2D eigenvalue weighted by Crippen LogP contribution is 2.05. The third-order valence-electron chi connectivity index (χ3n) is 3.82. The summed E-state index contributed by atoms with van der Waals surface area (Å²) in [5, 5.41) is 3.36. The second kappa shape index (κ2) is 8.70. The molecular weight excluding hydrogens is 322 g/mol. The highest BCUT2D eigenvalue weighted by molar-refractivity contribution is 5.74.